The number of thiocarbonyl (C=S) groups is 1. The first-order chi connectivity index (χ1) is 9.53. The lowest BCUT2D eigenvalue weighted by atomic mass is 10.2. The van der Waals surface area contributed by atoms with E-state index in [1.54, 1.807) is 12.1 Å². The smallest absolute Gasteiger partial charge is 0.389 e. The average Bonchev–Trinajstić information content (AvgIpc) is 2.36. The molecule has 0 aliphatic carbocycles. The number of sulfonamides is 1. The van der Waals surface area contributed by atoms with E-state index < -0.39 is 34.8 Å². The summed E-state index contributed by atoms with van der Waals surface area (Å²) in [5.41, 5.74) is 6.24. The molecular weight excluding hydrogens is 325 g/mol. The molecule has 0 fully saturated rings. The van der Waals surface area contributed by atoms with E-state index >= 15 is 0 Å². The zero-order chi connectivity index (χ0) is 16.3. The van der Waals surface area contributed by atoms with Crippen molar-refractivity contribution in [3.05, 3.63) is 29.8 Å². The third-order valence-electron chi connectivity index (χ3n) is 2.77. The maximum Gasteiger partial charge on any atom is 0.389 e. The van der Waals surface area contributed by atoms with Gasteiger partial charge in [0.05, 0.1) is 11.4 Å². The summed E-state index contributed by atoms with van der Waals surface area (Å²) < 4.78 is 61.1. The van der Waals surface area contributed by atoms with Crippen LogP contribution in [-0.2, 0) is 10.0 Å². The molecule has 9 heteroatoms. The number of alkyl halides is 3. The second kappa shape index (κ2) is 6.61. The van der Waals surface area contributed by atoms with Gasteiger partial charge in [-0.25, -0.2) is 8.42 Å². The van der Waals surface area contributed by atoms with Crippen molar-refractivity contribution in [2.24, 2.45) is 5.73 Å². The van der Waals surface area contributed by atoms with Gasteiger partial charge in [0.15, 0.2) is 0 Å². The van der Waals surface area contributed by atoms with Gasteiger partial charge in [0.25, 0.3) is 0 Å². The van der Waals surface area contributed by atoms with Crippen LogP contribution in [0.25, 0.3) is 0 Å². The lowest BCUT2D eigenvalue weighted by Crippen LogP contribution is -2.29. The van der Waals surface area contributed by atoms with E-state index in [1.165, 1.54) is 19.2 Å². The molecule has 0 spiro atoms. The molecule has 21 heavy (non-hydrogen) atoms. The Bertz CT molecular complexity index is 615. The molecule has 0 bridgehead atoms. The Balaban J connectivity index is 2.83. The van der Waals surface area contributed by atoms with Crippen molar-refractivity contribution in [2.75, 3.05) is 17.1 Å². The second-order valence-electron chi connectivity index (χ2n) is 4.42. The van der Waals surface area contributed by atoms with E-state index in [9.17, 15) is 21.6 Å². The molecule has 0 aliphatic rings. The van der Waals surface area contributed by atoms with Gasteiger partial charge in [-0.1, -0.05) is 24.4 Å². The van der Waals surface area contributed by atoms with E-state index in [0.29, 0.717) is 11.3 Å². The minimum Gasteiger partial charge on any atom is -0.389 e. The molecule has 0 amide bonds. The van der Waals surface area contributed by atoms with Crippen molar-refractivity contribution in [3.8, 4) is 0 Å². The van der Waals surface area contributed by atoms with Gasteiger partial charge in [-0.15, -0.1) is 0 Å². The second-order valence-corrected chi connectivity index (χ2v) is 6.98. The van der Waals surface area contributed by atoms with Crippen LogP contribution in [-0.4, -0.2) is 32.4 Å². The van der Waals surface area contributed by atoms with Crippen LogP contribution in [0.15, 0.2) is 24.3 Å². The van der Waals surface area contributed by atoms with Crippen LogP contribution in [0.4, 0.5) is 18.9 Å². The molecule has 0 radical (unpaired) electrons. The van der Waals surface area contributed by atoms with Crippen molar-refractivity contribution in [1.29, 1.82) is 0 Å². The molecule has 0 atom stereocenters. The van der Waals surface area contributed by atoms with Gasteiger partial charge in [0.1, 0.15) is 4.99 Å². The summed E-state index contributed by atoms with van der Waals surface area (Å²) in [6.07, 6.45) is -5.97. The topological polar surface area (TPSA) is 63.4 Å². The number of hydrogen-bond donors (Lipinski definition) is 1. The number of halogens is 3. The molecule has 0 aromatic heterocycles. The molecule has 0 saturated heterocycles. The minimum absolute atomic E-state index is 0.111. The van der Waals surface area contributed by atoms with Crippen LogP contribution in [0.5, 0.6) is 0 Å². The highest BCUT2D eigenvalue weighted by Gasteiger charge is 2.28. The Labute approximate surface area is 126 Å². The number of benzene rings is 1. The number of rotatable bonds is 6. The number of nitrogens with zero attached hydrogens (tertiary/aromatic N) is 1. The van der Waals surface area contributed by atoms with Crippen LogP contribution in [0, 0.1) is 0 Å². The van der Waals surface area contributed by atoms with Gasteiger partial charge >= 0.3 is 6.18 Å². The summed E-state index contributed by atoms with van der Waals surface area (Å²) in [5.74, 6) is -0.583. The Hall–Kier alpha value is -1.35. The highest BCUT2D eigenvalue weighted by Crippen LogP contribution is 2.23. The molecule has 1 aromatic rings. The quantitative estimate of drug-likeness (QED) is 0.808. The van der Waals surface area contributed by atoms with E-state index in [4.69, 9.17) is 18.0 Å². The molecule has 0 unspecified atom stereocenters. The van der Waals surface area contributed by atoms with Crippen molar-refractivity contribution in [3.63, 3.8) is 0 Å². The standard InChI is InChI=1S/C12H15F3N2O2S2/c1-17(10-5-2-4-9(8-10)11(16)20)21(18,19)7-3-6-12(13,14)15/h2,4-5,8H,3,6-7H2,1H3,(H2,16,20). The summed E-state index contributed by atoms with van der Waals surface area (Å²) in [4.78, 5) is 0.111. The maximum absolute atomic E-state index is 12.1. The highest BCUT2D eigenvalue weighted by molar-refractivity contribution is 7.92. The molecular formula is C12H15F3N2O2S2. The maximum atomic E-state index is 12.1. The van der Waals surface area contributed by atoms with Gasteiger partial charge in [0.2, 0.25) is 10.0 Å². The van der Waals surface area contributed by atoms with E-state index in [1.807, 2.05) is 0 Å². The van der Waals surface area contributed by atoms with Gasteiger partial charge in [-0.2, -0.15) is 13.2 Å². The molecule has 1 rings (SSSR count). The summed E-state index contributed by atoms with van der Waals surface area (Å²) in [7, 11) is -2.55. The molecule has 2 N–H and O–H groups in total. The first-order valence-electron chi connectivity index (χ1n) is 5.96. The van der Waals surface area contributed by atoms with Gasteiger partial charge in [-0.3, -0.25) is 4.31 Å². The van der Waals surface area contributed by atoms with Gasteiger partial charge in [-0.05, 0) is 18.6 Å². The minimum atomic E-state index is -4.36. The monoisotopic (exact) mass is 340 g/mol. The van der Waals surface area contributed by atoms with Crippen molar-refractivity contribution in [1.82, 2.24) is 0 Å². The molecule has 118 valence electrons. The average molecular weight is 340 g/mol. The fraction of sp³-hybridized carbons (Fsp3) is 0.417. The van der Waals surface area contributed by atoms with Gasteiger partial charge in [0, 0.05) is 19.0 Å². The van der Waals surface area contributed by atoms with Crippen LogP contribution < -0.4 is 10.0 Å². The number of hydrogen-bond acceptors (Lipinski definition) is 3. The predicted octanol–water partition coefficient (Wildman–Crippen LogP) is 2.43. The third kappa shape index (κ3) is 5.50. The molecule has 1 aromatic carbocycles. The Morgan fingerprint density at radius 3 is 2.52 bits per heavy atom. The zero-order valence-electron chi connectivity index (χ0n) is 11.2. The number of nitrogens with two attached hydrogens (primary N) is 1. The van der Waals surface area contributed by atoms with Crippen molar-refractivity contribution >= 4 is 32.9 Å². The van der Waals surface area contributed by atoms with E-state index in [2.05, 4.69) is 0 Å². The highest BCUT2D eigenvalue weighted by atomic mass is 32.2. The Kier molecular flexibility index (Phi) is 5.57. The Morgan fingerprint density at radius 1 is 1.38 bits per heavy atom. The lowest BCUT2D eigenvalue weighted by molar-refractivity contribution is -0.134. The molecule has 0 aliphatic heterocycles. The predicted molar refractivity (Wildman–Crippen MR) is 79.8 cm³/mol. The molecule has 0 heterocycles. The van der Waals surface area contributed by atoms with Gasteiger partial charge < -0.3 is 5.73 Å². The first-order valence-corrected chi connectivity index (χ1v) is 7.98. The molecule has 0 saturated carbocycles. The summed E-state index contributed by atoms with van der Waals surface area (Å²) in [6.45, 7) is 0. The zero-order valence-corrected chi connectivity index (χ0v) is 12.9. The first kappa shape index (κ1) is 17.7. The van der Waals surface area contributed by atoms with Crippen molar-refractivity contribution in [2.45, 2.75) is 19.0 Å². The fourth-order valence-electron chi connectivity index (χ4n) is 1.61. The largest absolute Gasteiger partial charge is 0.389 e. The number of anilines is 1. The summed E-state index contributed by atoms with van der Waals surface area (Å²) >= 11 is 4.80. The Morgan fingerprint density at radius 2 is 2.00 bits per heavy atom. The summed E-state index contributed by atoms with van der Waals surface area (Å²) in [6, 6.07) is 6.19. The normalized spacial score (nSPS) is 12.2. The lowest BCUT2D eigenvalue weighted by Gasteiger charge is -2.20. The SMILES string of the molecule is CN(c1cccc(C(N)=S)c1)S(=O)(=O)CCCC(F)(F)F. The summed E-state index contributed by atoms with van der Waals surface area (Å²) in [5, 5.41) is 0. The van der Waals surface area contributed by atoms with E-state index in [0.717, 1.165) is 4.31 Å². The molecule has 4 nitrogen and oxygen atoms in total. The van der Waals surface area contributed by atoms with E-state index in [-0.39, 0.29) is 4.99 Å². The van der Waals surface area contributed by atoms with Crippen molar-refractivity contribution < 1.29 is 21.6 Å². The van der Waals surface area contributed by atoms with Crippen LogP contribution in [0.3, 0.4) is 0 Å². The van der Waals surface area contributed by atoms with Crippen LogP contribution in [0.2, 0.25) is 0 Å². The van der Waals surface area contributed by atoms with Crippen LogP contribution in [0.1, 0.15) is 18.4 Å². The van der Waals surface area contributed by atoms with Crippen LogP contribution >= 0.6 is 12.2 Å². The fourth-order valence-corrected chi connectivity index (χ4v) is 2.95. The third-order valence-corrected chi connectivity index (χ3v) is 4.86.